The number of sulfonamides is 1. The van der Waals surface area contributed by atoms with Crippen LogP contribution in [0.2, 0.25) is 10.0 Å². The number of rotatable bonds is 9. The first-order chi connectivity index (χ1) is 18.9. The van der Waals surface area contributed by atoms with E-state index in [2.05, 4.69) is 5.10 Å². The molecule has 16 heteroatoms. The van der Waals surface area contributed by atoms with Gasteiger partial charge in [0, 0.05) is 6.07 Å². The molecule has 1 aromatic heterocycles. The topological polar surface area (TPSA) is 156 Å². The van der Waals surface area contributed by atoms with Crippen molar-refractivity contribution in [3.8, 4) is 28.7 Å². The van der Waals surface area contributed by atoms with Gasteiger partial charge in [-0.05, 0) is 42.0 Å². The van der Waals surface area contributed by atoms with Gasteiger partial charge < -0.3 is 14.2 Å². The first-order valence-electron chi connectivity index (χ1n) is 11.0. The van der Waals surface area contributed by atoms with Gasteiger partial charge in [0.05, 0.1) is 22.8 Å². The molecule has 40 heavy (non-hydrogen) atoms. The van der Waals surface area contributed by atoms with E-state index in [1.165, 1.54) is 19.2 Å². The Bertz CT molecular complexity index is 1770. The number of nitrogens with two attached hydrogens (primary N) is 1. The molecule has 0 aliphatic heterocycles. The summed E-state index contributed by atoms with van der Waals surface area (Å²) in [6, 6.07) is 13.0. The van der Waals surface area contributed by atoms with E-state index in [1.807, 2.05) is 0 Å². The predicted octanol–water partition coefficient (Wildman–Crippen LogP) is 4.19. The van der Waals surface area contributed by atoms with E-state index in [0.717, 1.165) is 23.8 Å². The third-order valence-corrected chi connectivity index (χ3v) is 6.78. The summed E-state index contributed by atoms with van der Waals surface area (Å²) in [7, 11) is -2.75. The Labute approximate surface area is 234 Å². The zero-order valence-corrected chi connectivity index (χ0v) is 22.6. The summed E-state index contributed by atoms with van der Waals surface area (Å²) in [5.41, 5.74) is -3.05. The Kier molecular flexibility index (Phi) is 8.44. The molecule has 3 aromatic carbocycles. The lowest BCUT2D eigenvalue weighted by molar-refractivity contribution is 0.141. The van der Waals surface area contributed by atoms with Crippen LogP contribution in [0.15, 0.2) is 69.1 Å². The van der Waals surface area contributed by atoms with E-state index in [0.29, 0.717) is 10.4 Å². The number of primary sulfonamides is 1. The van der Waals surface area contributed by atoms with Gasteiger partial charge in [-0.2, -0.15) is 9.78 Å². The van der Waals surface area contributed by atoms with Crippen molar-refractivity contribution in [3.05, 3.63) is 96.7 Å². The number of hydrogen-bond acceptors (Lipinski definition) is 8. The maximum Gasteiger partial charge on any atom is 0.349 e. The second-order valence-electron chi connectivity index (χ2n) is 7.99. The minimum Gasteiger partial charge on any atom is -0.497 e. The van der Waals surface area contributed by atoms with Crippen LogP contribution in [0.5, 0.6) is 23.0 Å². The standard InChI is InChI=1S/C24H18Cl2F2N4O7S/c1-37-14-4-2-12(3-5-14)11-38-18-7-6-15(10-19(18)40(29,35)36)39-21-16(25)8-13(9-17(21)26)32-24(34)30-23(33)20(31-32)22(27)28/h2-10,22H,11H2,1H3,(H2,29,35,36)(H,30,33,34). The molecule has 4 aromatic rings. The molecule has 0 unspecified atom stereocenters. The minimum absolute atomic E-state index is 0.0251. The number of alkyl halides is 2. The van der Waals surface area contributed by atoms with E-state index in [1.54, 1.807) is 29.2 Å². The number of hydrogen-bond donors (Lipinski definition) is 2. The summed E-state index contributed by atoms with van der Waals surface area (Å²) in [5.74, 6) is 0.389. The molecule has 4 rings (SSSR count). The SMILES string of the molecule is COc1ccc(COc2ccc(Oc3c(Cl)cc(-n4nc(C(F)F)c(=O)[nH]c4=O)cc3Cl)cc2S(N)(=O)=O)cc1. The number of aromatic amines is 1. The number of aromatic nitrogens is 3. The normalized spacial score (nSPS) is 11.5. The van der Waals surface area contributed by atoms with Crippen LogP contribution in [0.4, 0.5) is 8.78 Å². The molecule has 1 heterocycles. The Hall–Kier alpha value is -3.98. The number of ether oxygens (including phenoxy) is 3. The first kappa shape index (κ1) is 29.0. The lowest BCUT2D eigenvalue weighted by atomic mass is 10.2. The van der Waals surface area contributed by atoms with Crippen LogP contribution in [0.25, 0.3) is 5.69 Å². The number of benzene rings is 3. The first-order valence-corrected chi connectivity index (χ1v) is 13.3. The fraction of sp³-hybridized carbons (Fsp3) is 0.125. The molecule has 0 radical (unpaired) electrons. The molecule has 210 valence electrons. The average Bonchev–Trinajstić information content (AvgIpc) is 2.89. The van der Waals surface area contributed by atoms with E-state index in [-0.39, 0.29) is 44.5 Å². The monoisotopic (exact) mass is 614 g/mol. The molecule has 0 bridgehead atoms. The van der Waals surface area contributed by atoms with Crippen LogP contribution in [-0.4, -0.2) is 30.3 Å². The molecule has 0 saturated heterocycles. The van der Waals surface area contributed by atoms with Crippen molar-refractivity contribution < 1.29 is 31.4 Å². The molecular formula is C24H18Cl2F2N4O7S. The predicted molar refractivity (Wildman–Crippen MR) is 141 cm³/mol. The van der Waals surface area contributed by atoms with Crippen LogP contribution in [-0.2, 0) is 16.6 Å². The number of methoxy groups -OCH3 is 1. The smallest absolute Gasteiger partial charge is 0.349 e. The lowest BCUT2D eigenvalue weighted by Gasteiger charge is -2.15. The quantitative estimate of drug-likeness (QED) is 0.284. The summed E-state index contributed by atoms with van der Waals surface area (Å²) < 4.78 is 67.7. The lowest BCUT2D eigenvalue weighted by Crippen LogP contribution is -2.34. The highest BCUT2D eigenvalue weighted by Gasteiger charge is 2.21. The second-order valence-corrected chi connectivity index (χ2v) is 10.3. The van der Waals surface area contributed by atoms with E-state index in [9.17, 15) is 26.8 Å². The van der Waals surface area contributed by atoms with Crippen molar-refractivity contribution in [2.45, 2.75) is 17.9 Å². The molecular weight excluding hydrogens is 597 g/mol. The average molecular weight is 615 g/mol. The number of halogens is 4. The van der Waals surface area contributed by atoms with Gasteiger partial charge in [0.2, 0.25) is 10.0 Å². The molecule has 0 atom stereocenters. The Morgan fingerprint density at radius 2 is 1.65 bits per heavy atom. The van der Waals surface area contributed by atoms with Gasteiger partial charge in [0.25, 0.3) is 12.0 Å². The molecule has 3 N–H and O–H groups in total. The maximum absolute atomic E-state index is 13.1. The zero-order chi connectivity index (χ0) is 29.2. The summed E-state index contributed by atoms with van der Waals surface area (Å²) in [6.45, 7) is 0.0251. The van der Waals surface area contributed by atoms with Gasteiger partial charge in [0.1, 0.15) is 28.8 Å². The number of H-pyrrole nitrogens is 1. The van der Waals surface area contributed by atoms with E-state index in [4.69, 9.17) is 42.6 Å². The number of nitrogens with one attached hydrogen (secondary N) is 1. The molecule has 0 spiro atoms. The van der Waals surface area contributed by atoms with Crippen molar-refractivity contribution in [2.24, 2.45) is 5.14 Å². The fourth-order valence-corrected chi connectivity index (χ4v) is 4.63. The molecule has 0 aliphatic rings. The van der Waals surface area contributed by atoms with Gasteiger partial charge in [0.15, 0.2) is 11.4 Å². The van der Waals surface area contributed by atoms with Crippen LogP contribution < -0.4 is 30.6 Å². The number of nitrogens with zero attached hydrogens (tertiary/aromatic N) is 2. The second kappa shape index (κ2) is 11.6. The maximum atomic E-state index is 13.1. The summed E-state index contributed by atoms with van der Waals surface area (Å²) in [4.78, 5) is 25.1. The third-order valence-electron chi connectivity index (χ3n) is 5.28. The van der Waals surface area contributed by atoms with Gasteiger partial charge in [-0.15, -0.1) is 0 Å². The van der Waals surface area contributed by atoms with E-state index >= 15 is 0 Å². The van der Waals surface area contributed by atoms with Crippen molar-refractivity contribution in [1.82, 2.24) is 14.8 Å². The van der Waals surface area contributed by atoms with Gasteiger partial charge in [-0.3, -0.25) is 9.78 Å². The Balaban J connectivity index is 1.63. The summed E-state index contributed by atoms with van der Waals surface area (Å²) >= 11 is 12.5. The van der Waals surface area contributed by atoms with Crippen LogP contribution >= 0.6 is 23.2 Å². The van der Waals surface area contributed by atoms with Crippen molar-refractivity contribution in [3.63, 3.8) is 0 Å². The summed E-state index contributed by atoms with van der Waals surface area (Å²) in [6.07, 6.45) is -3.25. The van der Waals surface area contributed by atoms with Crippen LogP contribution in [0.3, 0.4) is 0 Å². The van der Waals surface area contributed by atoms with Gasteiger partial charge in [-0.1, -0.05) is 35.3 Å². The molecule has 0 amide bonds. The Morgan fingerprint density at radius 1 is 1.02 bits per heavy atom. The van der Waals surface area contributed by atoms with Crippen molar-refractivity contribution >= 4 is 33.2 Å². The van der Waals surface area contributed by atoms with Crippen molar-refractivity contribution in [1.29, 1.82) is 0 Å². The highest BCUT2D eigenvalue weighted by Crippen LogP contribution is 2.39. The highest BCUT2D eigenvalue weighted by molar-refractivity contribution is 7.89. The Morgan fingerprint density at radius 3 is 2.23 bits per heavy atom. The molecule has 0 fully saturated rings. The minimum atomic E-state index is -4.27. The van der Waals surface area contributed by atoms with Crippen molar-refractivity contribution in [2.75, 3.05) is 7.11 Å². The van der Waals surface area contributed by atoms with Crippen LogP contribution in [0, 0.1) is 0 Å². The third kappa shape index (κ3) is 6.42. The summed E-state index contributed by atoms with van der Waals surface area (Å²) in [5, 5.41) is 8.37. The van der Waals surface area contributed by atoms with Gasteiger partial charge >= 0.3 is 5.69 Å². The molecule has 0 aliphatic carbocycles. The fourth-order valence-electron chi connectivity index (χ4n) is 3.39. The largest absolute Gasteiger partial charge is 0.497 e. The van der Waals surface area contributed by atoms with E-state index < -0.39 is 33.4 Å². The molecule has 0 saturated carbocycles. The zero-order valence-electron chi connectivity index (χ0n) is 20.2. The van der Waals surface area contributed by atoms with Crippen LogP contribution in [0.1, 0.15) is 17.7 Å². The highest BCUT2D eigenvalue weighted by atomic mass is 35.5. The molecule has 11 nitrogen and oxygen atoms in total. The van der Waals surface area contributed by atoms with Gasteiger partial charge in [-0.25, -0.2) is 27.1 Å².